The minimum Gasteiger partial charge on any atom is -0.346 e. The zero-order chi connectivity index (χ0) is 22.9. The second-order valence-corrected chi connectivity index (χ2v) is 14.9. The zero-order valence-electron chi connectivity index (χ0n) is 19.6. The lowest BCUT2D eigenvalue weighted by Gasteiger charge is -2.25. The van der Waals surface area contributed by atoms with Gasteiger partial charge in [-0.05, 0) is 25.0 Å². The van der Waals surface area contributed by atoms with Crippen molar-refractivity contribution in [2.24, 2.45) is 0 Å². The molecule has 0 N–H and O–H groups in total. The van der Waals surface area contributed by atoms with Crippen LogP contribution in [0.15, 0.2) is 72.9 Å². The number of fused-ring (bicyclic) bond motifs is 1. The van der Waals surface area contributed by atoms with E-state index in [-0.39, 0.29) is 5.82 Å². The highest BCUT2D eigenvalue weighted by Gasteiger charge is 2.20. The van der Waals surface area contributed by atoms with E-state index in [1.165, 1.54) is 16.3 Å². The molecular formula is C28H31FN2Si. The third kappa shape index (κ3) is 4.91. The normalized spacial score (nSPS) is 11.7. The van der Waals surface area contributed by atoms with E-state index in [9.17, 15) is 0 Å². The molecule has 0 radical (unpaired) electrons. The van der Waals surface area contributed by atoms with Gasteiger partial charge in [-0.2, -0.15) is 0 Å². The van der Waals surface area contributed by atoms with Gasteiger partial charge in [-0.25, -0.2) is 9.37 Å². The van der Waals surface area contributed by atoms with Crippen LogP contribution in [0.5, 0.6) is 0 Å². The molecule has 0 aliphatic carbocycles. The summed E-state index contributed by atoms with van der Waals surface area (Å²) in [7, 11) is -1.48. The summed E-state index contributed by atoms with van der Waals surface area (Å²) in [6.07, 6.45) is 1.83. The van der Waals surface area contributed by atoms with Crippen molar-refractivity contribution in [3.63, 3.8) is 0 Å². The topological polar surface area (TPSA) is 16.1 Å². The minimum atomic E-state index is -1.48. The Balaban J connectivity index is 1.75. The van der Waals surface area contributed by atoms with Crippen molar-refractivity contribution in [3.8, 4) is 0 Å². The molecule has 0 amide bonds. The molecule has 4 heteroatoms. The maximum absolute atomic E-state index is 15.8. The lowest BCUT2D eigenvalue weighted by atomic mass is 10.1. The number of hydrogen-bond donors (Lipinski definition) is 0. The molecular weight excluding hydrogens is 411 g/mol. The Morgan fingerprint density at radius 1 is 0.781 bits per heavy atom. The molecule has 0 bridgehead atoms. The molecule has 0 aliphatic heterocycles. The van der Waals surface area contributed by atoms with Crippen molar-refractivity contribution >= 4 is 29.9 Å². The average molecular weight is 443 g/mol. The molecule has 164 valence electrons. The van der Waals surface area contributed by atoms with E-state index >= 15 is 4.39 Å². The Bertz CT molecular complexity index is 1180. The molecule has 4 aromatic rings. The molecule has 0 atom stereocenters. The van der Waals surface area contributed by atoms with E-state index in [1.54, 1.807) is 0 Å². The van der Waals surface area contributed by atoms with Gasteiger partial charge in [0.2, 0.25) is 0 Å². The predicted octanol–water partition coefficient (Wildman–Crippen LogP) is 6.74. The van der Waals surface area contributed by atoms with E-state index in [1.807, 2.05) is 17.2 Å². The van der Waals surface area contributed by atoms with Crippen LogP contribution in [0.25, 0.3) is 10.8 Å². The predicted molar refractivity (Wildman–Crippen MR) is 137 cm³/mol. The van der Waals surface area contributed by atoms with Gasteiger partial charge in [-0.3, -0.25) is 0 Å². The summed E-state index contributed by atoms with van der Waals surface area (Å²) in [5.74, 6) is 0.156. The summed E-state index contributed by atoms with van der Waals surface area (Å²) in [5, 5.41) is 2.82. The van der Waals surface area contributed by atoms with Crippen molar-refractivity contribution in [2.45, 2.75) is 46.6 Å². The first-order valence-electron chi connectivity index (χ1n) is 11.2. The molecule has 1 heterocycles. The van der Waals surface area contributed by atoms with E-state index in [0.717, 1.165) is 16.5 Å². The van der Waals surface area contributed by atoms with Crippen molar-refractivity contribution < 1.29 is 4.39 Å². The van der Waals surface area contributed by atoms with Crippen molar-refractivity contribution in [2.75, 3.05) is 4.90 Å². The first-order chi connectivity index (χ1) is 15.2. The van der Waals surface area contributed by atoms with Crippen LogP contribution in [-0.2, 0) is 13.1 Å². The number of pyridine rings is 1. The Labute approximate surface area is 191 Å². The standard InChI is InChI=1S/C28H31FN2Si/c1-20-6-10-22(11-7-20)18-31(19-23-12-8-21(2)9-13-23)28-27(29)26-15-14-25(32(3,4)5)16-24(26)17-30-28/h6-17H,18-19H2,1-5H3. The Morgan fingerprint density at radius 2 is 1.31 bits per heavy atom. The van der Waals surface area contributed by atoms with E-state index < -0.39 is 8.07 Å². The van der Waals surface area contributed by atoms with Gasteiger partial charge in [0, 0.05) is 30.1 Å². The first-order valence-corrected chi connectivity index (χ1v) is 14.7. The summed E-state index contributed by atoms with van der Waals surface area (Å²) in [5.41, 5.74) is 4.70. The molecule has 0 fully saturated rings. The Morgan fingerprint density at radius 3 is 1.81 bits per heavy atom. The van der Waals surface area contributed by atoms with Crippen LogP contribution < -0.4 is 10.1 Å². The van der Waals surface area contributed by atoms with Gasteiger partial charge < -0.3 is 4.90 Å². The number of hydrogen-bond acceptors (Lipinski definition) is 2. The number of benzene rings is 3. The number of aryl methyl sites for hydroxylation is 2. The van der Waals surface area contributed by atoms with Crippen LogP contribution in [0.4, 0.5) is 10.2 Å². The SMILES string of the molecule is Cc1ccc(CN(Cc2ccc(C)cc2)c2ncc3cc([Si](C)(C)C)ccc3c2F)cc1. The van der Waals surface area contributed by atoms with E-state index in [2.05, 4.69) is 99.1 Å². The zero-order valence-corrected chi connectivity index (χ0v) is 20.6. The molecule has 2 nitrogen and oxygen atoms in total. The second-order valence-electron chi connectivity index (χ2n) is 9.78. The number of nitrogens with zero attached hydrogens (tertiary/aromatic N) is 2. The molecule has 32 heavy (non-hydrogen) atoms. The summed E-state index contributed by atoms with van der Waals surface area (Å²) in [4.78, 5) is 6.66. The molecule has 0 spiro atoms. The van der Waals surface area contributed by atoms with Crippen LogP contribution in [0, 0.1) is 19.7 Å². The average Bonchev–Trinajstić information content (AvgIpc) is 2.76. The first kappa shape index (κ1) is 22.2. The number of anilines is 1. The number of rotatable bonds is 6. The van der Waals surface area contributed by atoms with Crippen molar-refractivity contribution in [1.29, 1.82) is 0 Å². The smallest absolute Gasteiger partial charge is 0.173 e. The fourth-order valence-electron chi connectivity index (χ4n) is 3.90. The molecule has 3 aromatic carbocycles. The Kier molecular flexibility index (Phi) is 6.16. The summed E-state index contributed by atoms with van der Waals surface area (Å²) < 4.78 is 15.8. The quantitative estimate of drug-likeness (QED) is 0.307. The summed E-state index contributed by atoms with van der Waals surface area (Å²) in [6.45, 7) is 12.2. The fourth-order valence-corrected chi connectivity index (χ4v) is 5.07. The largest absolute Gasteiger partial charge is 0.346 e. The van der Waals surface area contributed by atoms with Gasteiger partial charge in [0.25, 0.3) is 0 Å². The lowest BCUT2D eigenvalue weighted by molar-refractivity contribution is 0.618. The van der Waals surface area contributed by atoms with Crippen molar-refractivity contribution in [1.82, 2.24) is 4.98 Å². The van der Waals surface area contributed by atoms with Crippen LogP contribution in [-0.4, -0.2) is 13.1 Å². The number of halogens is 1. The maximum Gasteiger partial charge on any atom is 0.173 e. The van der Waals surface area contributed by atoms with E-state index in [4.69, 9.17) is 0 Å². The van der Waals surface area contributed by atoms with Crippen LogP contribution >= 0.6 is 0 Å². The van der Waals surface area contributed by atoms with Gasteiger partial charge in [-0.15, -0.1) is 0 Å². The van der Waals surface area contributed by atoms with E-state index in [0.29, 0.717) is 24.3 Å². The fraction of sp³-hybridized carbons (Fsp3) is 0.250. The highest BCUT2D eigenvalue weighted by atomic mass is 28.3. The van der Waals surface area contributed by atoms with Gasteiger partial charge in [0.05, 0.1) is 8.07 Å². The van der Waals surface area contributed by atoms with Crippen molar-refractivity contribution in [3.05, 3.63) is 101 Å². The highest BCUT2D eigenvalue weighted by molar-refractivity contribution is 6.88. The van der Waals surface area contributed by atoms with Crippen LogP contribution in [0.2, 0.25) is 19.6 Å². The molecule has 1 aromatic heterocycles. The molecule has 0 unspecified atom stereocenters. The van der Waals surface area contributed by atoms with Crippen LogP contribution in [0.3, 0.4) is 0 Å². The highest BCUT2D eigenvalue weighted by Crippen LogP contribution is 2.28. The minimum absolute atomic E-state index is 0.246. The lowest BCUT2D eigenvalue weighted by Crippen LogP contribution is -2.37. The summed E-state index contributed by atoms with van der Waals surface area (Å²) >= 11 is 0. The molecule has 0 aliphatic rings. The third-order valence-corrected chi connectivity index (χ3v) is 8.01. The molecule has 0 saturated carbocycles. The van der Waals surface area contributed by atoms with Gasteiger partial charge in [0.1, 0.15) is 0 Å². The third-order valence-electron chi connectivity index (χ3n) is 5.96. The number of aromatic nitrogens is 1. The molecule has 4 rings (SSSR count). The maximum atomic E-state index is 15.8. The Hall–Kier alpha value is -2.98. The van der Waals surface area contributed by atoms with Crippen LogP contribution in [0.1, 0.15) is 22.3 Å². The monoisotopic (exact) mass is 442 g/mol. The van der Waals surface area contributed by atoms with Gasteiger partial charge in [0.15, 0.2) is 11.6 Å². The summed E-state index contributed by atoms with van der Waals surface area (Å²) in [6, 6.07) is 23.0. The van der Waals surface area contributed by atoms with Gasteiger partial charge >= 0.3 is 0 Å². The molecule has 0 saturated heterocycles. The van der Waals surface area contributed by atoms with Gasteiger partial charge in [-0.1, -0.05) is 103 Å². The second kappa shape index (κ2) is 8.87.